The first-order chi connectivity index (χ1) is 7.06. The average molecular weight is 206 g/mol. The third kappa shape index (κ3) is 2.47. The maximum Gasteiger partial charge on any atom is 0.248 e. The van der Waals surface area contributed by atoms with Gasteiger partial charge in [0.2, 0.25) is 5.91 Å². The highest BCUT2D eigenvalue weighted by atomic mass is 16.1. The van der Waals surface area contributed by atoms with Crippen molar-refractivity contribution in [3.05, 3.63) is 41.7 Å². The van der Waals surface area contributed by atoms with E-state index in [9.17, 15) is 4.79 Å². The maximum absolute atomic E-state index is 11.0. The minimum Gasteiger partial charge on any atom is -0.403 e. The van der Waals surface area contributed by atoms with E-state index in [1.807, 2.05) is 6.92 Å². The minimum atomic E-state index is -0.485. The van der Waals surface area contributed by atoms with Crippen LogP contribution in [-0.4, -0.2) is 5.91 Å². The predicted molar refractivity (Wildman–Crippen MR) is 59.7 cm³/mol. The van der Waals surface area contributed by atoms with Gasteiger partial charge in [-0.1, -0.05) is 6.07 Å². The summed E-state index contributed by atoms with van der Waals surface area (Å²) in [6.45, 7) is 1.88. The van der Waals surface area contributed by atoms with Crippen LogP contribution < -0.4 is 22.3 Å². The number of benzene rings is 1. The molecule has 0 saturated heterocycles. The number of hydrogen-bond donors (Lipinski definition) is 3. The lowest BCUT2D eigenvalue weighted by molar-refractivity contribution is 0.100. The van der Waals surface area contributed by atoms with Gasteiger partial charge in [0.15, 0.2) is 0 Å². The summed E-state index contributed by atoms with van der Waals surface area (Å²) in [6, 6.07) is 5.05. The van der Waals surface area contributed by atoms with Gasteiger partial charge in [0, 0.05) is 18.0 Å². The Morgan fingerprint density at radius 1 is 1.47 bits per heavy atom. The normalized spacial score (nSPS) is 10.5. The number of primary amides is 1. The predicted octanol–water partition coefficient (Wildman–Crippen LogP) is 0.204. The van der Waals surface area contributed by atoms with Crippen molar-refractivity contribution >= 4 is 11.6 Å². The molecule has 5 nitrogen and oxygen atoms in total. The van der Waals surface area contributed by atoms with Crippen LogP contribution in [0.15, 0.2) is 30.6 Å². The Balaban J connectivity index is 3.15. The fourth-order valence-corrected chi connectivity index (χ4v) is 1.21. The molecule has 0 fully saturated rings. The summed E-state index contributed by atoms with van der Waals surface area (Å²) in [6.07, 6.45) is 2.81. The summed E-state index contributed by atoms with van der Waals surface area (Å²) in [4.78, 5) is 11.0. The molecule has 0 bridgehead atoms. The molecule has 0 atom stereocenters. The van der Waals surface area contributed by atoms with Crippen molar-refractivity contribution in [2.45, 2.75) is 6.92 Å². The molecule has 0 saturated carbocycles. The molecular weight excluding hydrogens is 192 g/mol. The third-order valence-electron chi connectivity index (χ3n) is 2.02. The molecule has 0 heterocycles. The Kier molecular flexibility index (Phi) is 3.30. The van der Waals surface area contributed by atoms with Crippen LogP contribution >= 0.6 is 0 Å². The van der Waals surface area contributed by atoms with Crippen LogP contribution in [0.3, 0.4) is 0 Å². The van der Waals surface area contributed by atoms with Crippen LogP contribution in [0.25, 0.3) is 0 Å². The van der Waals surface area contributed by atoms with E-state index in [1.54, 1.807) is 18.2 Å². The topological polar surface area (TPSA) is 98.4 Å². The summed E-state index contributed by atoms with van der Waals surface area (Å²) < 4.78 is 0. The first kappa shape index (κ1) is 11.1. The molecule has 0 unspecified atom stereocenters. The third-order valence-corrected chi connectivity index (χ3v) is 2.02. The number of rotatable bonds is 3. The first-order valence-electron chi connectivity index (χ1n) is 4.39. The lowest BCUT2D eigenvalue weighted by atomic mass is 10.1. The highest BCUT2D eigenvalue weighted by Gasteiger charge is 2.06. The van der Waals surface area contributed by atoms with E-state index in [2.05, 4.69) is 0 Å². The number of amides is 1. The largest absolute Gasteiger partial charge is 0.403 e. The van der Waals surface area contributed by atoms with Crippen molar-refractivity contribution in [1.29, 1.82) is 0 Å². The molecule has 1 aromatic rings. The highest BCUT2D eigenvalue weighted by Crippen LogP contribution is 2.19. The lowest BCUT2D eigenvalue weighted by Crippen LogP contribution is -2.26. The van der Waals surface area contributed by atoms with Gasteiger partial charge in [-0.05, 0) is 24.6 Å². The molecule has 1 amide bonds. The zero-order valence-corrected chi connectivity index (χ0v) is 8.47. The van der Waals surface area contributed by atoms with E-state index in [1.165, 1.54) is 17.4 Å². The number of aryl methyl sites for hydroxylation is 1. The zero-order valence-electron chi connectivity index (χ0n) is 8.47. The Labute approximate surface area is 88.1 Å². The molecule has 0 aromatic heterocycles. The summed E-state index contributed by atoms with van der Waals surface area (Å²) in [5, 5.41) is 1.34. The number of carbonyl (C=O) groups excluding carboxylic acids is 1. The van der Waals surface area contributed by atoms with Gasteiger partial charge in [-0.25, -0.2) is 5.84 Å². The number of carbonyl (C=O) groups is 1. The van der Waals surface area contributed by atoms with Gasteiger partial charge in [-0.3, -0.25) is 9.80 Å². The molecule has 5 heteroatoms. The van der Waals surface area contributed by atoms with Crippen LogP contribution in [0, 0.1) is 6.92 Å². The minimum absolute atomic E-state index is 0.413. The van der Waals surface area contributed by atoms with Crippen molar-refractivity contribution in [3.63, 3.8) is 0 Å². The molecule has 1 rings (SSSR count). The smallest absolute Gasteiger partial charge is 0.248 e. The molecule has 15 heavy (non-hydrogen) atoms. The SMILES string of the molecule is Cc1ccc(C(N)=O)cc1N(N)/C=C\N. The average Bonchev–Trinajstić information content (AvgIpc) is 2.18. The van der Waals surface area contributed by atoms with Crippen LogP contribution in [-0.2, 0) is 0 Å². The fraction of sp³-hybridized carbons (Fsp3) is 0.100. The molecular formula is C10H14N4O. The van der Waals surface area contributed by atoms with Gasteiger partial charge in [0.05, 0.1) is 5.69 Å². The molecule has 80 valence electrons. The van der Waals surface area contributed by atoms with Gasteiger partial charge in [-0.15, -0.1) is 0 Å². The summed E-state index contributed by atoms with van der Waals surface area (Å²) in [5.74, 6) is 5.20. The Bertz CT molecular complexity index is 400. The van der Waals surface area contributed by atoms with Gasteiger partial charge < -0.3 is 11.5 Å². The molecule has 0 spiro atoms. The Morgan fingerprint density at radius 3 is 2.67 bits per heavy atom. The Hall–Kier alpha value is -2.01. The second-order valence-corrected chi connectivity index (χ2v) is 3.11. The van der Waals surface area contributed by atoms with E-state index < -0.39 is 5.91 Å². The number of nitrogens with two attached hydrogens (primary N) is 3. The standard InChI is InChI=1S/C10H14N4O/c1-7-2-3-8(10(12)15)6-9(7)14(13)5-4-11/h2-6H,11,13H2,1H3,(H2,12,15)/b5-4-. The number of hydrogen-bond acceptors (Lipinski definition) is 4. The van der Waals surface area contributed by atoms with E-state index in [0.717, 1.165) is 5.56 Å². The summed E-state index contributed by atoms with van der Waals surface area (Å²) in [7, 11) is 0. The van der Waals surface area contributed by atoms with Crippen molar-refractivity contribution in [2.24, 2.45) is 17.3 Å². The second-order valence-electron chi connectivity index (χ2n) is 3.11. The summed E-state index contributed by atoms with van der Waals surface area (Å²) >= 11 is 0. The van der Waals surface area contributed by atoms with E-state index in [-0.39, 0.29) is 0 Å². The Morgan fingerprint density at radius 2 is 2.13 bits per heavy atom. The molecule has 0 aliphatic carbocycles. The first-order valence-corrected chi connectivity index (χ1v) is 4.39. The van der Waals surface area contributed by atoms with Gasteiger partial charge in [0.1, 0.15) is 0 Å². The fourth-order valence-electron chi connectivity index (χ4n) is 1.21. The molecule has 1 aromatic carbocycles. The van der Waals surface area contributed by atoms with Crippen LogP contribution in [0.1, 0.15) is 15.9 Å². The quantitative estimate of drug-likeness (QED) is 0.486. The number of anilines is 1. The van der Waals surface area contributed by atoms with E-state index >= 15 is 0 Å². The van der Waals surface area contributed by atoms with Crippen LogP contribution in [0.5, 0.6) is 0 Å². The lowest BCUT2D eigenvalue weighted by Gasteiger charge is -2.16. The molecule has 0 radical (unpaired) electrons. The molecule has 0 aliphatic heterocycles. The van der Waals surface area contributed by atoms with Crippen molar-refractivity contribution in [1.82, 2.24) is 0 Å². The number of hydrazine groups is 1. The summed E-state index contributed by atoms with van der Waals surface area (Å²) in [5.41, 5.74) is 12.4. The van der Waals surface area contributed by atoms with Crippen molar-refractivity contribution < 1.29 is 4.79 Å². The van der Waals surface area contributed by atoms with Crippen LogP contribution in [0.4, 0.5) is 5.69 Å². The second kappa shape index (κ2) is 4.47. The van der Waals surface area contributed by atoms with Gasteiger partial charge in [-0.2, -0.15) is 0 Å². The van der Waals surface area contributed by atoms with Gasteiger partial charge in [0.25, 0.3) is 0 Å². The number of nitrogens with zero attached hydrogens (tertiary/aromatic N) is 1. The van der Waals surface area contributed by atoms with Crippen molar-refractivity contribution in [3.8, 4) is 0 Å². The maximum atomic E-state index is 11.0. The molecule has 6 N–H and O–H groups in total. The van der Waals surface area contributed by atoms with E-state index in [4.69, 9.17) is 17.3 Å². The zero-order chi connectivity index (χ0) is 11.4. The monoisotopic (exact) mass is 206 g/mol. The van der Waals surface area contributed by atoms with Crippen molar-refractivity contribution in [2.75, 3.05) is 5.01 Å². The van der Waals surface area contributed by atoms with Crippen LogP contribution in [0.2, 0.25) is 0 Å². The highest BCUT2D eigenvalue weighted by molar-refractivity contribution is 5.94. The molecule has 0 aliphatic rings. The van der Waals surface area contributed by atoms with Gasteiger partial charge >= 0.3 is 0 Å². The van der Waals surface area contributed by atoms with E-state index in [0.29, 0.717) is 11.3 Å².